The topological polar surface area (TPSA) is 33.0 Å². The van der Waals surface area contributed by atoms with E-state index in [9.17, 15) is 5.26 Å². The Bertz CT molecular complexity index is 627. The van der Waals surface area contributed by atoms with E-state index < -0.39 is 0 Å². The minimum atomic E-state index is -0.111. The third-order valence-electron chi connectivity index (χ3n) is 3.74. The predicted octanol–water partition coefficient (Wildman–Crippen LogP) is 4.63. The molecule has 2 aromatic carbocycles. The summed E-state index contributed by atoms with van der Waals surface area (Å²) < 4.78 is 5.87. The van der Waals surface area contributed by atoms with E-state index in [0.717, 1.165) is 23.3 Å². The van der Waals surface area contributed by atoms with E-state index in [1.807, 2.05) is 49.4 Å². The zero-order valence-electron chi connectivity index (χ0n) is 12.7. The Balaban J connectivity index is 1.99. The molecule has 0 saturated carbocycles. The highest BCUT2D eigenvalue weighted by molar-refractivity contribution is 5.34. The molecule has 2 nitrogen and oxygen atoms in total. The van der Waals surface area contributed by atoms with Gasteiger partial charge in [-0.1, -0.05) is 49.4 Å². The van der Waals surface area contributed by atoms with E-state index in [1.165, 1.54) is 5.56 Å². The molecule has 0 amide bonds. The Morgan fingerprint density at radius 3 is 2.52 bits per heavy atom. The average Bonchev–Trinajstić information content (AvgIpc) is 2.53. The summed E-state index contributed by atoms with van der Waals surface area (Å²) in [7, 11) is 0. The molecule has 1 atom stereocenters. The monoisotopic (exact) mass is 279 g/mol. The summed E-state index contributed by atoms with van der Waals surface area (Å²) in [4.78, 5) is 0. The molecule has 0 bridgehead atoms. The predicted molar refractivity (Wildman–Crippen MR) is 85.5 cm³/mol. The molecular weight excluding hydrogens is 258 g/mol. The molecule has 0 N–H and O–H groups in total. The van der Waals surface area contributed by atoms with E-state index in [0.29, 0.717) is 13.0 Å². The van der Waals surface area contributed by atoms with Gasteiger partial charge in [0.25, 0.3) is 0 Å². The maximum absolute atomic E-state index is 9.40. The molecule has 0 aliphatic rings. The lowest BCUT2D eigenvalue weighted by atomic mass is 9.94. The van der Waals surface area contributed by atoms with E-state index in [1.54, 1.807) is 0 Å². The van der Waals surface area contributed by atoms with Crippen LogP contribution in [0.1, 0.15) is 36.0 Å². The van der Waals surface area contributed by atoms with Crippen molar-refractivity contribution in [2.45, 2.75) is 32.6 Å². The zero-order valence-corrected chi connectivity index (χ0v) is 12.7. The van der Waals surface area contributed by atoms with E-state index >= 15 is 0 Å². The lowest BCUT2D eigenvalue weighted by molar-refractivity contribution is 0.303. The number of hydrogen-bond acceptors (Lipinski definition) is 2. The lowest BCUT2D eigenvalue weighted by Crippen LogP contribution is -2.06. The van der Waals surface area contributed by atoms with Gasteiger partial charge in [-0.2, -0.15) is 5.26 Å². The fraction of sp³-hybridized carbons (Fsp3) is 0.316. The molecule has 0 aliphatic carbocycles. The van der Waals surface area contributed by atoms with Crippen LogP contribution in [0.3, 0.4) is 0 Å². The van der Waals surface area contributed by atoms with Crippen LogP contribution in [-0.4, -0.2) is 6.61 Å². The van der Waals surface area contributed by atoms with Gasteiger partial charge in [-0.25, -0.2) is 0 Å². The van der Waals surface area contributed by atoms with Crippen LogP contribution >= 0.6 is 0 Å². The summed E-state index contributed by atoms with van der Waals surface area (Å²) in [5, 5.41) is 9.40. The van der Waals surface area contributed by atoms with Gasteiger partial charge in [0.2, 0.25) is 0 Å². The molecule has 0 aromatic heterocycles. The molecular formula is C19H21NO. The third kappa shape index (κ3) is 3.86. The third-order valence-corrected chi connectivity index (χ3v) is 3.74. The second-order valence-electron chi connectivity index (χ2n) is 5.14. The molecule has 0 fully saturated rings. The minimum Gasteiger partial charge on any atom is -0.493 e. The van der Waals surface area contributed by atoms with Crippen molar-refractivity contribution in [3.8, 4) is 11.8 Å². The highest BCUT2D eigenvalue weighted by atomic mass is 16.5. The number of benzene rings is 2. The number of aryl methyl sites for hydroxylation is 2. The summed E-state index contributed by atoms with van der Waals surface area (Å²) in [5.74, 6) is 0.821. The Morgan fingerprint density at radius 1 is 1.10 bits per heavy atom. The first-order valence-electron chi connectivity index (χ1n) is 7.42. The quantitative estimate of drug-likeness (QED) is 0.772. The molecule has 2 heteroatoms. The van der Waals surface area contributed by atoms with Crippen LogP contribution < -0.4 is 4.74 Å². The van der Waals surface area contributed by atoms with Crippen molar-refractivity contribution >= 4 is 0 Å². The number of ether oxygens (including phenoxy) is 1. The second-order valence-corrected chi connectivity index (χ2v) is 5.14. The van der Waals surface area contributed by atoms with Crippen LogP contribution in [0.4, 0.5) is 0 Å². The van der Waals surface area contributed by atoms with Gasteiger partial charge in [0.05, 0.1) is 18.6 Å². The summed E-state index contributed by atoms with van der Waals surface area (Å²) in [6.45, 7) is 4.73. The molecule has 0 saturated heterocycles. The number of nitriles is 1. The molecule has 0 spiro atoms. The number of rotatable bonds is 6. The summed E-state index contributed by atoms with van der Waals surface area (Å²) in [6.07, 6.45) is 1.66. The molecule has 108 valence electrons. The molecule has 1 unspecified atom stereocenters. The van der Waals surface area contributed by atoms with Gasteiger partial charge in [-0.3, -0.25) is 0 Å². The van der Waals surface area contributed by atoms with Crippen molar-refractivity contribution in [3.63, 3.8) is 0 Å². The smallest absolute Gasteiger partial charge is 0.122 e. The van der Waals surface area contributed by atoms with Crippen LogP contribution in [0.2, 0.25) is 0 Å². The van der Waals surface area contributed by atoms with Crippen LogP contribution in [0.15, 0.2) is 48.5 Å². The first-order chi connectivity index (χ1) is 10.3. The molecule has 2 rings (SSSR count). The fourth-order valence-electron chi connectivity index (χ4n) is 2.49. The van der Waals surface area contributed by atoms with Crippen molar-refractivity contribution in [2.24, 2.45) is 0 Å². The van der Waals surface area contributed by atoms with Crippen LogP contribution in [0.25, 0.3) is 0 Å². The molecule has 2 aromatic rings. The van der Waals surface area contributed by atoms with Gasteiger partial charge in [0.15, 0.2) is 0 Å². The highest BCUT2D eigenvalue weighted by Gasteiger charge is 2.13. The van der Waals surface area contributed by atoms with Gasteiger partial charge >= 0.3 is 0 Å². The maximum atomic E-state index is 9.40. The Labute approximate surface area is 127 Å². The molecule has 21 heavy (non-hydrogen) atoms. The summed E-state index contributed by atoms with van der Waals surface area (Å²) in [6, 6.07) is 18.5. The second kappa shape index (κ2) is 7.50. The largest absolute Gasteiger partial charge is 0.493 e. The Kier molecular flexibility index (Phi) is 5.40. The summed E-state index contributed by atoms with van der Waals surface area (Å²) >= 11 is 0. The molecule has 0 heterocycles. The van der Waals surface area contributed by atoms with Crippen molar-refractivity contribution in [3.05, 3.63) is 65.2 Å². The molecule has 0 radical (unpaired) electrons. The van der Waals surface area contributed by atoms with E-state index in [4.69, 9.17) is 4.74 Å². The maximum Gasteiger partial charge on any atom is 0.122 e. The first-order valence-corrected chi connectivity index (χ1v) is 7.42. The standard InChI is InChI=1S/C19H21NO/c1-3-16-9-5-7-11-19(16)21-13-12-17(14-20)18-10-6-4-8-15(18)2/h4-11,17H,3,12-13H2,1-2H3. The van der Waals surface area contributed by atoms with Crippen LogP contribution in [0.5, 0.6) is 5.75 Å². The first kappa shape index (κ1) is 15.1. The number of hydrogen-bond donors (Lipinski definition) is 0. The van der Waals surface area contributed by atoms with Crippen LogP contribution in [0, 0.1) is 18.3 Å². The van der Waals surface area contributed by atoms with Crippen molar-refractivity contribution < 1.29 is 4.74 Å². The van der Waals surface area contributed by atoms with Gasteiger partial charge < -0.3 is 4.74 Å². The Hall–Kier alpha value is -2.27. The van der Waals surface area contributed by atoms with Crippen molar-refractivity contribution in [2.75, 3.05) is 6.61 Å². The van der Waals surface area contributed by atoms with Crippen molar-refractivity contribution in [1.82, 2.24) is 0 Å². The SMILES string of the molecule is CCc1ccccc1OCCC(C#N)c1ccccc1C. The summed E-state index contributed by atoms with van der Waals surface area (Å²) in [5.41, 5.74) is 3.48. The van der Waals surface area contributed by atoms with E-state index in [2.05, 4.69) is 19.1 Å². The normalized spacial score (nSPS) is 11.7. The molecule has 0 aliphatic heterocycles. The van der Waals surface area contributed by atoms with Crippen molar-refractivity contribution in [1.29, 1.82) is 5.26 Å². The van der Waals surface area contributed by atoms with Gasteiger partial charge in [-0.05, 0) is 36.1 Å². The zero-order chi connectivity index (χ0) is 15.1. The Morgan fingerprint density at radius 2 is 1.81 bits per heavy atom. The average molecular weight is 279 g/mol. The van der Waals surface area contributed by atoms with Gasteiger partial charge in [-0.15, -0.1) is 0 Å². The minimum absolute atomic E-state index is 0.111. The lowest BCUT2D eigenvalue weighted by Gasteiger charge is -2.14. The fourth-order valence-corrected chi connectivity index (χ4v) is 2.49. The van der Waals surface area contributed by atoms with Crippen LogP contribution in [-0.2, 0) is 6.42 Å². The van der Waals surface area contributed by atoms with Gasteiger partial charge in [0.1, 0.15) is 5.75 Å². The van der Waals surface area contributed by atoms with E-state index in [-0.39, 0.29) is 5.92 Å². The highest BCUT2D eigenvalue weighted by Crippen LogP contribution is 2.24. The van der Waals surface area contributed by atoms with Gasteiger partial charge in [0, 0.05) is 6.42 Å². The number of nitrogens with zero attached hydrogens (tertiary/aromatic N) is 1. The number of para-hydroxylation sites is 1.